The Labute approximate surface area is 195 Å². The summed E-state index contributed by atoms with van der Waals surface area (Å²) in [6.45, 7) is 1.02. The van der Waals surface area contributed by atoms with Gasteiger partial charge < -0.3 is 11.1 Å². The van der Waals surface area contributed by atoms with E-state index in [9.17, 15) is 0 Å². The summed E-state index contributed by atoms with van der Waals surface area (Å²) in [5.41, 5.74) is 11.4. The van der Waals surface area contributed by atoms with E-state index in [-0.39, 0.29) is 5.92 Å². The lowest BCUT2D eigenvalue weighted by atomic mass is 9.81. The summed E-state index contributed by atoms with van der Waals surface area (Å²) in [4.78, 5) is 4.32. The number of aromatic nitrogens is 4. The Morgan fingerprint density at radius 1 is 0.939 bits per heavy atom. The molecule has 2 heterocycles. The van der Waals surface area contributed by atoms with Gasteiger partial charge in [0.2, 0.25) is 5.65 Å². The highest BCUT2D eigenvalue weighted by atomic mass is 15.3. The number of benzene rings is 2. The zero-order valence-electron chi connectivity index (χ0n) is 19.0. The second-order valence-corrected chi connectivity index (χ2v) is 9.15. The molecule has 1 unspecified atom stereocenters. The molecule has 4 N–H and O–H groups in total. The molecular formula is C27H32N6. The number of aromatic amines is 1. The second-order valence-electron chi connectivity index (χ2n) is 9.15. The van der Waals surface area contributed by atoms with E-state index in [1.54, 1.807) is 0 Å². The molecule has 2 aromatic heterocycles. The van der Waals surface area contributed by atoms with E-state index in [1.165, 1.54) is 36.8 Å². The minimum Gasteiger partial charge on any atom is -0.384 e. The van der Waals surface area contributed by atoms with E-state index < -0.39 is 0 Å². The molecule has 4 aromatic rings. The molecule has 1 atom stereocenters. The van der Waals surface area contributed by atoms with Crippen LogP contribution >= 0.6 is 0 Å². The molecular weight excluding hydrogens is 408 g/mol. The Bertz CT molecular complexity index is 1150. The van der Waals surface area contributed by atoms with Crippen molar-refractivity contribution < 1.29 is 0 Å². The highest BCUT2D eigenvalue weighted by molar-refractivity contribution is 5.77. The molecule has 6 heteroatoms. The Morgan fingerprint density at radius 2 is 1.67 bits per heavy atom. The monoisotopic (exact) mass is 440 g/mol. The van der Waals surface area contributed by atoms with Crippen molar-refractivity contribution in [1.29, 1.82) is 0 Å². The van der Waals surface area contributed by atoms with Gasteiger partial charge in [0.25, 0.3) is 0 Å². The smallest absolute Gasteiger partial charge is 0.203 e. The van der Waals surface area contributed by atoms with E-state index in [2.05, 4.69) is 86.4 Å². The van der Waals surface area contributed by atoms with E-state index in [0.717, 1.165) is 30.5 Å². The minimum absolute atomic E-state index is 0.208. The topological polar surface area (TPSA) is 92.5 Å². The molecule has 33 heavy (non-hydrogen) atoms. The summed E-state index contributed by atoms with van der Waals surface area (Å²) in [5.74, 6) is 1.41. The highest BCUT2D eigenvalue weighted by Crippen LogP contribution is 2.34. The van der Waals surface area contributed by atoms with Crippen molar-refractivity contribution in [1.82, 2.24) is 25.7 Å². The summed E-state index contributed by atoms with van der Waals surface area (Å²) in [5, 5.41) is 15.1. The fourth-order valence-electron chi connectivity index (χ4n) is 5.30. The first-order chi connectivity index (χ1) is 16.3. The van der Waals surface area contributed by atoms with Gasteiger partial charge in [0.1, 0.15) is 11.3 Å². The van der Waals surface area contributed by atoms with Crippen LogP contribution in [0.5, 0.6) is 0 Å². The molecule has 170 valence electrons. The van der Waals surface area contributed by atoms with Gasteiger partial charge in [0.05, 0.1) is 0 Å². The van der Waals surface area contributed by atoms with Gasteiger partial charge >= 0.3 is 0 Å². The highest BCUT2D eigenvalue weighted by Gasteiger charge is 2.23. The molecule has 0 radical (unpaired) electrons. The van der Waals surface area contributed by atoms with Crippen molar-refractivity contribution >= 4 is 17.0 Å². The SMILES string of the molecule is Nc1cc(C(CCCNC2CCC(c3ccccc3)CC2)c2ccccc2)c2n[nH]nc2n1. The van der Waals surface area contributed by atoms with E-state index >= 15 is 0 Å². The Morgan fingerprint density at radius 3 is 2.42 bits per heavy atom. The number of nitrogen functional groups attached to an aromatic ring is 1. The molecule has 1 aliphatic rings. The molecule has 1 aliphatic carbocycles. The maximum Gasteiger partial charge on any atom is 0.203 e. The number of nitrogens with one attached hydrogen (secondary N) is 2. The molecule has 5 rings (SSSR count). The van der Waals surface area contributed by atoms with Crippen molar-refractivity contribution in [2.75, 3.05) is 12.3 Å². The Balaban J connectivity index is 1.20. The largest absolute Gasteiger partial charge is 0.384 e. The van der Waals surface area contributed by atoms with Gasteiger partial charge in [-0.1, -0.05) is 60.7 Å². The number of hydrogen-bond acceptors (Lipinski definition) is 5. The lowest BCUT2D eigenvalue weighted by Crippen LogP contribution is -2.33. The third-order valence-electron chi connectivity index (χ3n) is 7.02. The summed E-state index contributed by atoms with van der Waals surface area (Å²) in [6, 6.07) is 24.2. The van der Waals surface area contributed by atoms with Gasteiger partial charge in [-0.25, -0.2) is 4.98 Å². The summed E-state index contributed by atoms with van der Waals surface area (Å²) in [7, 11) is 0. The van der Waals surface area contributed by atoms with Crippen LogP contribution in [0.1, 0.15) is 67.1 Å². The Hall–Kier alpha value is -3.25. The lowest BCUT2D eigenvalue weighted by molar-refractivity contribution is 0.340. The van der Waals surface area contributed by atoms with Crippen LogP contribution in [-0.2, 0) is 0 Å². The molecule has 0 amide bonds. The molecule has 1 fully saturated rings. The van der Waals surface area contributed by atoms with Crippen molar-refractivity contribution in [3.8, 4) is 0 Å². The van der Waals surface area contributed by atoms with Gasteiger partial charge in [-0.2, -0.15) is 10.3 Å². The average Bonchev–Trinajstić information content (AvgIpc) is 3.34. The molecule has 1 saturated carbocycles. The average molecular weight is 441 g/mol. The van der Waals surface area contributed by atoms with Crippen molar-refractivity contribution in [2.45, 2.75) is 56.4 Å². The predicted octanol–water partition coefficient (Wildman–Crippen LogP) is 5.16. The fourth-order valence-corrected chi connectivity index (χ4v) is 5.30. The standard InChI is InChI=1S/C27H32N6/c28-25-18-24(26-27(30-25)32-33-31-26)23(21-10-5-2-6-11-21)12-7-17-29-22-15-13-20(14-16-22)19-8-3-1-4-9-19/h1-6,8-11,18,20,22-23,29H,7,12-17H2,(H3,28,30,31,32,33). The minimum atomic E-state index is 0.208. The number of nitrogens with two attached hydrogens (primary N) is 1. The van der Waals surface area contributed by atoms with E-state index in [4.69, 9.17) is 5.73 Å². The summed E-state index contributed by atoms with van der Waals surface area (Å²) in [6.07, 6.45) is 7.15. The number of hydrogen-bond donors (Lipinski definition) is 3. The zero-order chi connectivity index (χ0) is 22.5. The third-order valence-corrected chi connectivity index (χ3v) is 7.02. The number of rotatable bonds is 8. The zero-order valence-corrected chi connectivity index (χ0v) is 19.0. The van der Waals surface area contributed by atoms with Crippen LogP contribution in [0.3, 0.4) is 0 Å². The summed E-state index contributed by atoms with van der Waals surface area (Å²) < 4.78 is 0. The van der Waals surface area contributed by atoms with Crippen LogP contribution in [-0.4, -0.2) is 33.0 Å². The maximum absolute atomic E-state index is 6.10. The van der Waals surface area contributed by atoms with Gasteiger partial charge in [0.15, 0.2) is 0 Å². The molecule has 0 bridgehead atoms. The first-order valence-corrected chi connectivity index (χ1v) is 12.1. The fraction of sp³-hybridized carbons (Fsp3) is 0.370. The van der Waals surface area contributed by atoms with Crippen LogP contribution in [0.25, 0.3) is 11.2 Å². The van der Waals surface area contributed by atoms with Crippen LogP contribution in [0.2, 0.25) is 0 Å². The van der Waals surface area contributed by atoms with Gasteiger partial charge in [-0.15, -0.1) is 5.10 Å². The van der Waals surface area contributed by atoms with Gasteiger partial charge in [0, 0.05) is 12.0 Å². The number of nitrogens with zero attached hydrogens (tertiary/aromatic N) is 3. The maximum atomic E-state index is 6.10. The lowest BCUT2D eigenvalue weighted by Gasteiger charge is -2.29. The van der Waals surface area contributed by atoms with E-state index in [1.807, 2.05) is 6.07 Å². The van der Waals surface area contributed by atoms with Crippen molar-refractivity contribution in [3.63, 3.8) is 0 Å². The molecule has 0 saturated heterocycles. The van der Waals surface area contributed by atoms with Gasteiger partial charge in [-0.05, 0) is 73.7 Å². The first-order valence-electron chi connectivity index (χ1n) is 12.1. The van der Waals surface area contributed by atoms with Crippen LogP contribution in [0, 0.1) is 0 Å². The number of pyridine rings is 1. The molecule has 0 aliphatic heterocycles. The van der Waals surface area contributed by atoms with Gasteiger partial charge in [-0.3, -0.25) is 0 Å². The molecule has 0 spiro atoms. The third kappa shape index (κ3) is 5.06. The molecule has 6 nitrogen and oxygen atoms in total. The van der Waals surface area contributed by atoms with Crippen molar-refractivity contribution in [2.24, 2.45) is 0 Å². The van der Waals surface area contributed by atoms with Crippen LogP contribution in [0.4, 0.5) is 5.82 Å². The summed E-state index contributed by atoms with van der Waals surface area (Å²) >= 11 is 0. The number of fused-ring (bicyclic) bond motifs is 1. The van der Waals surface area contributed by atoms with Crippen molar-refractivity contribution in [3.05, 3.63) is 83.4 Å². The Kier molecular flexibility index (Phi) is 6.63. The number of H-pyrrole nitrogens is 1. The van der Waals surface area contributed by atoms with E-state index in [0.29, 0.717) is 23.4 Å². The van der Waals surface area contributed by atoms with Crippen LogP contribution < -0.4 is 11.1 Å². The van der Waals surface area contributed by atoms with Crippen LogP contribution in [0.15, 0.2) is 66.7 Å². The number of anilines is 1. The molecule has 2 aromatic carbocycles. The normalized spacial score (nSPS) is 19.5. The first kappa shape index (κ1) is 21.6. The second kappa shape index (κ2) is 10.1. The quantitative estimate of drug-likeness (QED) is 0.329. The predicted molar refractivity (Wildman–Crippen MR) is 133 cm³/mol.